The summed E-state index contributed by atoms with van der Waals surface area (Å²) in [5, 5.41) is 5.54. The molecule has 6 heteroatoms. The molecular formula is C17H20N4O2. The Bertz CT molecular complexity index is 715. The van der Waals surface area contributed by atoms with Crippen LogP contribution in [0.25, 0.3) is 0 Å². The number of nitrogens with one attached hydrogen (secondary N) is 2. The van der Waals surface area contributed by atoms with E-state index in [9.17, 15) is 9.59 Å². The molecule has 6 nitrogen and oxygen atoms in total. The molecule has 0 fully saturated rings. The fraction of sp³-hybridized carbons (Fsp3) is 0.176. The number of para-hydroxylation sites is 2. The minimum atomic E-state index is -0.275. The van der Waals surface area contributed by atoms with Crippen LogP contribution in [0.15, 0.2) is 48.5 Å². The molecule has 0 aliphatic carbocycles. The minimum absolute atomic E-state index is 0.254. The van der Waals surface area contributed by atoms with Gasteiger partial charge in [0.25, 0.3) is 11.8 Å². The molecule has 0 saturated carbocycles. The zero-order chi connectivity index (χ0) is 16.8. The van der Waals surface area contributed by atoms with E-state index in [0.717, 1.165) is 0 Å². The number of anilines is 2. The van der Waals surface area contributed by atoms with Gasteiger partial charge in [0.15, 0.2) is 0 Å². The number of rotatable bonds is 5. The van der Waals surface area contributed by atoms with Crippen LogP contribution in [0.5, 0.6) is 0 Å². The van der Waals surface area contributed by atoms with Crippen molar-refractivity contribution in [3.05, 3.63) is 59.7 Å². The maximum absolute atomic E-state index is 12.1. The largest absolute Gasteiger partial charge is 0.398 e. The Morgan fingerprint density at radius 1 is 0.913 bits per heavy atom. The van der Waals surface area contributed by atoms with Crippen LogP contribution in [0.4, 0.5) is 11.4 Å². The number of hydrogen-bond donors (Lipinski definition) is 4. The van der Waals surface area contributed by atoms with Gasteiger partial charge in [-0.25, -0.2) is 0 Å². The normalized spacial score (nSPS) is 11.5. The molecule has 0 aromatic heterocycles. The summed E-state index contributed by atoms with van der Waals surface area (Å²) in [5.41, 5.74) is 13.2. The highest BCUT2D eigenvalue weighted by Gasteiger charge is 2.14. The van der Waals surface area contributed by atoms with Gasteiger partial charge in [0.05, 0.1) is 11.1 Å². The highest BCUT2D eigenvalue weighted by molar-refractivity contribution is 6.00. The van der Waals surface area contributed by atoms with Gasteiger partial charge >= 0.3 is 0 Å². The molecule has 0 radical (unpaired) electrons. The zero-order valence-electron chi connectivity index (χ0n) is 12.9. The van der Waals surface area contributed by atoms with E-state index in [1.54, 1.807) is 55.5 Å². The van der Waals surface area contributed by atoms with E-state index in [0.29, 0.717) is 22.5 Å². The molecule has 0 aliphatic heterocycles. The summed E-state index contributed by atoms with van der Waals surface area (Å²) in [7, 11) is 0. The van der Waals surface area contributed by atoms with Crippen LogP contribution < -0.4 is 22.1 Å². The van der Waals surface area contributed by atoms with Crippen LogP contribution in [0.2, 0.25) is 0 Å². The van der Waals surface area contributed by atoms with Crippen LogP contribution in [0.1, 0.15) is 27.6 Å². The SMILES string of the molecule is CC(CNC(=O)c1ccccc1N)NC(=O)c1ccccc1N. The summed E-state index contributed by atoms with van der Waals surface area (Å²) in [5.74, 6) is -0.549. The van der Waals surface area contributed by atoms with Crippen molar-refractivity contribution in [3.63, 3.8) is 0 Å². The van der Waals surface area contributed by atoms with Crippen LogP contribution in [0, 0.1) is 0 Å². The van der Waals surface area contributed by atoms with Crippen molar-refractivity contribution in [1.82, 2.24) is 10.6 Å². The number of benzene rings is 2. The maximum atomic E-state index is 12.1. The highest BCUT2D eigenvalue weighted by Crippen LogP contribution is 2.11. The van der Waals surface area contributed by atoms with E-state index < -0.39 is 0 Å². The van der Waals surface area contributed by atoms with Gasteiger partial charge in [-0.05, 0) is 31.2 Å². The van der Waals surface area contributed by atoms with Gasteiger partial charge in [0.1, 0.15) is 0 Å². The van der Waals surface area contributed by atoms with Gasteiger partial charge in [-0.15, -0.1) is 0 Å². The summed E-state index contributed by atoms with van der Waals surface area (Å²) in [6.45, 7) is 2.08. The molecule has 0 saturated heterocycles. The Hall–Kier alpha value is -3.02. The Morgan fingerprint density at radius 3 is 1.91 bits per heavy atom. The van der Waals surface area contributed by atoms with Gasteiger partial charge in [-0.1, -0.05) is 24.3 Å². The van der Waals surface area contributed by atoms with E-state index >= 15 is 0 Å². The molecule has 23 heavy (non-hydrogen) atoms. The van der Waals surface area contributed by atoms with Crippen molar-refractivity contribution in [2.45, 2.75) is 13.0 Å². The lowest BCUT2D eigenvalue weighted by Crippen LogP contribution is -2.42. The van der Waals surface area contributed by atoms with Crippen LogP contribution in [-0.4, -0.2) is 24.4 Å². The molecule has 1 unspecified atom stereocenters. The molecular weight excluding hydrogens is 292 g/mol. The van der Waals surface area contributed by atoms with Crippen LogP contribution in [-0.2, 0) is 0 Å². The molecule has 2 aromatic rings. The number of carbonyl (C=O) groups is 2. The van der Waals surface area contributed by atoms with Crippen LogP contribution in [0.3, 0.4) is 0 Å². The number of nitrogens with two attached hydrogens (primary N) is 2. The van der Waals surface area contributed by atoms with E-state index in [4.69, 9.17) is 11.5 Å². The molecule has 120 valence electrons. The van der Waals surface area contributed by atoms with E-state index in [2.05, 4.69) is 10.6 Å². The van der Waals surface area contributed by atoms with Gasteiger partial charge < -0.3 is 22.1 Å². The van der Waals surface area contributed by atoms with Crippen molar-refractivity contribution >= 4 is 23.2 Å². The second kappa shape index (κ2) is 7.31. The van der Waals surface area contributed by atoms with Crippen molar-refractivity contribution in [2.24, 2.45) is 0 Å². The van der Waals surface area contributed by atoms with Crippen LogP contribution >= 0.6 is 0 Å². The molecule has 1 atom stereocenters. The Morgan fingerprint density at radius 2 is 1.39 bits per heavy atom. The first-order valence-corrected chi connectivity index (χ1v) is 7.27. The van der Waals surface area contributed by atoms with Crippen molar-refractivity contribution in [1.29, 1.82) is 0 Å². The number of nitrogen functional groups attached to an aromatic ring is 2. The first kappa shape index (κ1) is 16.4. The van der Waals surface area contributed by atoms with E-state index in [1.807, 2.05) is 0 Å². The monoisotopic (exact) mass is 312 g/mol. The third kappa shape index (κ3) is 4.23. The summed E-state index contributed by atoms with van der Waals surface area (Å²) >= 11 is 0. The van der Waals surface area contributed by atoms with Gasteiger partial charge in [-0.3, -0.25) is 9.59 Å². The molecule has 0 spiro atoms. The Labute approximate surface area is 134 Å². The highest BCUT2D eigenvalue weighted by atomic mass is 16.2. The predicted octanol–water partition coefficient (Wildman–Crippen LogP) is 1.40. The van der Waals surface area contributed by atoms with E-state index in [1.165, 1.54) is 0 Å². The molecule has 2 rings (SSSR count). The molecule has 0 aliphatic rings. The lowest BCUT2D eigenvalue weighted by Gasteiger charge is -2.16. The lowest BCUT2D eigenvalue weighted by atomic mass is 10.1. The third-order valence-corrected chi connectivity index (χ3v) is 3.36. The minimum Gasteiger partial charge on any atom is -0.398 e. The molecule has 0 bridgehead atoms. The molecule has 0 heterocycles. The van der Waals surface area contributed by atoms with Crippen molar-refractivity contribution in [3.8, 4) is 0 Å². The molecule has 6 N–H and O–H groups in total. The number of amides is 2. The quantitative estimate of drug-likeness (QED) is 0.625. The second-order valence-corrected chi connectivity index (χ2v) is 5.26. The Balaban J connectivity index is 1.89. The second-order valence-electron chi connectivity index (χ2n) is 5.26. The zero-order valence-corrected chi connectivity index (χ0v) is 12.9. The smallest absolute Gasteiger partial charge is 0.253 e. The van der Waals surface area contributed by atoms with Gasteiger partial charge in [0, 0.05) is 24.0 Å². The van der Waals surface area contributed by atoms with Gasteiger partial charge in [0.2, 0.25) is 0 Å². The molecule has 2 aromatic carbocycles. The summed E-state index contributed by atoms with van der Waals surface area (Å²) in [6.07, 6.45) is 0. The maximum Gasteiger partial charge on any atom is 0.253 e. The summed E-state index contributed by atoms with van der Waals surface area (Å²) in [6, 6.07) is 13.4. The average Bonchev–Trinajstić information content (AvgIpc) is 2.53. The third-order valence-electron chi connectivity index (χ3n) is 3.36. The fourth-order valence-electron chi connectivity index (χ4n) is 2.10. The standard InChI is InChI=1S/C17H20N4O2/c1-11(21-17(23)13-7-3-5-9-15(13)19)10-20-16(22)12-6-2-4-8-14(12)18/h2-9,11H,10,18-19H2,1H3,(H,20,22)(H,21,23). The van der Waals surface area contributed by atoms with Crippen molar-refractivity contribution in [2.75, 3.05) is 18.0 Å². The fourth-order valence-corrected chi connectivity index (χ4v) is 2.10. The van der Waals surface area contributed by atoms with Gasteiger partial charge in [-0.2, -0.15) is 0 Å². The number of hydrogen-bond acceptors (Lipinski definition) is 4. The van der Waals surface area contributed by atoms with Crippen molar-refractivity contribution < 1.29 is 9.59 Å². The summed E-state index contributed by atoms with van der Waals surface area (Å²) in [4.78, 5) is 24.2. The molecule has 2 amide bonds. The summed E-state index contributed by atoms with van der Waals surface area (Å²) < 4.78 is 0. The first-order valence-electron chi connectivity index (χ1n) is 7.27. The average molecular weight is 312 g/mol. The first-order chi connectivity index (χ1) is 11.0. The van der Waals surface area contributed by atoms with E-state index in [-0.39, 0.29) is 24.4 Å². The lowest BCUT2D eigenvalue weighted by molar-refractivity contribution is 0.0913. The topological polar surface area (TPSA) is 110 Å². The Kier molecular flexibility index (Phi) is 5.19. The number of carbonyl (C=O) groups excluding carboxylic acids is 2. The predicted molar refractivity (Wildman–Crippen MR) is 91.0 cm³/mol.